The highest BCUT2D eigenvalue weighted by molar-refractivity contribution is 5.72. The molecule has 1 rings (SSSR count). The fourth-order valence-corrected chi connectivity index (χ4v) is 1.78. The van der Waals surface area contributed by atoms with Gasteiger partial charge in [0.2, 0.25) is 0 Å². The van der Waals surface area contributed by atoms with Gasteiger partial charge in [-0.3, -0.25) is 0 Å². The lowest BCUT2D eigenvalue weighted by Gasteiger charge is -2.15. The lowest BCUT2D eigenvalue weighted by molar-refractivity contribution is -0.150. The molecule has 106 valence electrons. The zero-order chi connectivity index (χ0) is 14.4. The number of benzene rings is 1. The van der Waals surface area contributed by atoms with Gasteiger partial charge in [-0.1, -0.05) is 52.0 Å². The lowest BCUT2D eigenvalue weighted by atomic mass is 10.00. The van der Waals surface area contributed by atoms with Crippen molar-refractivity contribution in [3.05, 3.63) is 35.4 Å². The molecule has 0 heterocycles. The third kappa shape index (κ3) is 5.43. The number of aliphatic carboxylic acids is 1. The number of hydrogen-bond donors (Lipinski definition) is 1. The summed E-state index contributed by atoms with van der Waals surface area (Å²) in [6, 6.07) is 8.09. The van der Waals surface area contributed by atoms with E-state index in [1.807, 2.05) is 26.0 Å². The molecule has 0 saturated carbocycles. The Morgan fingerprint density at radius 3 is 2.16 bits per heavy atom. The molecule has 0 aliphatic rings. The predicted molar refractivity (Wildman–Crippen MR) is 76.4 cm³/mol. The van der Waals surface area contributed by atoms with E-state index in [1.54, 1.807) is 0 Å². The average Bonchev–Trinajstić information content (AvgIpc) is 2.34. The second-order valence-corrected chi connectivity index (χ2v) is 5.65. The zero-order valence-electron chi connectivity index (χ0n) is 12.2. The molecule has 1 aromatic rings. The second kappa shape index (κ2) is 7.29. The highest BCUT2D eigenvalue weighted by atomic mass is 16.5. The number of carbonyl (C=O) groups is 1. The molecule has 0 amide bonds. The maximum atomic E-state index is 11.2. The molecule has 19 heavy (non-hydrogen) atoms. The topological polar surface area (TPSA) is 46.5 Å². The van der Waals surface area contributed by atoms with Crippen LogP contribution in [-0.4, -0.2) is 23.8 Å². The first-order valence-corrected chi connectivity index (χ1v) is 6.83. The molecule has 0 saturated heterocycles. The van der Waals surface area contributed by atoms with Crippen LogP contribution < -0.4 is 0 Å². The maximum Gasteiger partial charge on any atom is 0.333 e. The van der Waals surface area contributed by atoms with Crippen LogP contribution in [0.5, 0.6) is 0 Å². The van der Waals surface area contributed by atoms with E-state index in [-0.39, 0.29) is 0 Å². The van der Waals surface area contributed by atoms with Gasteiger partial charge in [-0.2, -0.15) is 0 Å². The minimum Gasteiger partial charge on any atom is -0.479 e. The molecule has 1 atom stereocenters. The largest absolute Gasteiger partial charge is 0.479 e. The van der Waals surface area contributed by atoms with E-state index in [0.717, 1.165) is 5.56 Å². The Kier molecular flexibility index (Phi) is 6.03. The van der Waals surface area contributed by atoms with Crippen molar-refractivity contribution in [2.45, 2.75) is 46.1 Å². The molecule has 0 radical (unpaired) electrons. The number of carboxylic acids is 1. The molecule has 0 unspecified atom stereocenters. The van der Waals surface area contributed by atoms with Gasteiger partial charge in [-0.25, -0.2) is 4.79 Å². The Balaban J connectivity index is 2.65. The Morgan fingerprint density at radius 1 is 1.16 bits per heavy atom. The van der Waals surface area contributed by atoms with Crippen LogP contribution in [0.2, 0.25) is 0 Å². The third-order valence-electron chi connectivity index (χ3n) is 2.97. The quantitative estimate of drug-likeness (QED) is 0.820. The summed E-state index contributed by atoms with van der Waals surface area (Å²) in [6.07, 6.45) is -0.340. The molecule has 1 aromatic carbocycles. The number of rotatable bonds is 7. The normalized spacial score (nSPS) is 12.9. The fraction of sp³-hybridized carbons (Fsp3) is 0.562. The molecule has 0 aromatic heterocycles. The number of ether oxygens (including phenoxy) is 1. The van der Waals surface area contributed by atoms with Crippen molar-refractivity contribution in [1.82, 2.24) is 0 Å². The first kappa shape index (κ1) is 15.7. The predicted octanol–water partition coefficient (Wildman–Crippen LogP) is 3.48. The van der Waals surface area contributed by atoms with E-state index in [4.69, 9.17) is 9.84 Å². The third-order valence-corrected chi connectivity index (χ3v) is 2.97. The van der Waals surface area contributed by atoms with Crippen molar-refractivity contribution < 1.29 is 14.6 Å². The van der Waals surface area contributed by atoms with E-state index >= 15 is 0 Å². The van der Waals surface area contributed by atoms with Gasteiger partial charge in [-0.15, -0.1) is 0 Å². The molecular formula is C16H24O3. The Labute approximate surface area is 115 Å². The van der Waals surface area contributed by atoms with Crippen molar-refractivity contribution in [1.29, 1.82) is 0 Å². The molecule has 0 aliphatic carbocycles. The van der Waals surface area contributed by atoms with E-state index < -0.39 is 12.1 Å². The minimum atomic E-state index is -0.895. The van der Waals surface area contributed by atoms with Crippen molar-refractivity contribution in [2.24, 2.45) is 5.92 Å². The average molecular weight is 264 g/mol. The van der Waals surface area contributed by atoms with Crippen LogP contribution in [0, 0.1) is 5.92 Å². The van der Waals surface area contributed by atoms with Gasteiger partial charge in [0.25, 0.3) is 0 Å². The van der Waals surface area contributed by atoms with Gasteiger partial charge in [-0.05, 0) is 23.0 Å². The van der Waals surface area contributed by atoms with Crippen LogP contribution in [0.1, 0.15) is 44.7 Å². The fourth-order valence-electron chi connectivity index (χ4n) is 1.78. The second-order valence-electron chi connectivity index (χ2n) is 5.65. The van der Waals surface area contributed by atoms with Gasteiger partial charge in [0.05, 0.1) is 6.61 Å². The summed E-state index contributed by atoms with van der Waals surface area (Å²) < 4.78 is 5.45. The number of hydrogen-bond acceptors (Lipinski definition) is 2. The van der Waals surface area contributed by atoms with E-state index in [1.165, 1.54) is 5.56 Å². The number of carboxylic acid groups (broad SMARTS) is 1. The van der Waals surface area contributed by atoms with Crippen LogP contribution in [-0.2, 0) is 16.0 Å². The molecule has 1 N–H and O–H groups in total. The molecule has 3 nitrogen and oxygen atoms in total. The molecule has 0 fully saturated rings. The molecule has 3 heteroatoms. The van der Waals surface area contributed by atoms with Gasteiger partial charge in [0, 0.05) is 6.42 Å². The highest BCUT2D eigenvalue weighted by Gasteiger charge is 2.19. The summed E-state index contributed by atoms with van der Waals surface area (Å²) in [5, 5.41) is 9.17. The summed E-state index contributed by atoms with van der Waals surface area (Å²) >= 11 is 0. The van der Waals surface area contributed by atoms with Gasteiger partial charge in [0.15, 0.2) is 6.10 Å². The van der Waals surface area contributed by atoms with Crippen LogP contribution in [0.3, 0.4) is 0 Å². The smallest absolute Gasteiger partial charge is 0.333 e. The van der Waals surface area contributed by atoms with Gasteiger partial charge >= 0.3 is 5.97 Å². The van der Waals surface area contributed by atoms with Crippen molar-refractivity contribution in [3.63, 3.8) is 0 Å². The van der Waals surface area contributed by atoms with Crippen molar-refractivity contribution in [3.8, 4) is 0 Å². The maximum absolute atomic E-state index is 11.2. The Bertz CT molecular complexity index is 393. The van der Waals surface area contributed by atoms with Crippen molar-refractivity contribution in [2.75, 3.05) is 6.61 Å². The molecular weight excluding hydrogens is 240 g/mol. The summed E-state index contributed by atoms with van der Waals surface area (Å²) in [6.45, 7) is 8.77. The summed E-state index contributed by atoms with van der Waals surface area (Å²) in [4.78, 5) is 11.2. The monoisotopic (exact) mass is 264 g/mol. The van der Waals surface area contributed by atoms with E-state index in [9.17, 15) is 4.79 Å². The van der Waals surface area contributed by atoms with E-state index in [2.05, 4.69) is 26.0 Å². The Morgan fingerprint density at radius 2 is 1.74 bits per heavy atom. The van der Waals surface area contributed by atoms with Crippen LogP contribution in [0.25, 0.3) is 0 Å². The van der Waals surface area contributed by atoms with Crippen LogP contribution >= 0.6 is 0 Å². The summed E-state index contributed by atoms with van der Waals surface area (Å²) in [5.74, 6) is -0.0692. The SMILES string of the molecule is CC(C)CO[C@H](Cc1ccc(C(C)C)cc1)C(=O)O. The molecule has 0 bridgehead atoms. The first-order valence-electron chi connectivity index (χ1n) is 6.83. The van der Waals surface area contributed by atoms with Gasteiger partial charge in [0.1, 0.15) is 0 Å². The van der Waals surface area contributed by atoms with Crippen LogP contribution in [0.15, 0.2) is 24.3 Å². The first-order chi connectivity index (χ1) is 8.90. The molecule has 0 aliphatic heterocycles. The standard InChI is InChI=1S/C16H24O3/c1-11(2)10-19-15(16(17)18)9-13-5-7-14(8-6-13)12(3)4/h5-8,11-12,15H,9-10H2,1-4H3,(H,17,18)/t15-/m1/s1. The summed E-state index contributed by atoms with van der Waals surface area (Å²) in [7, 11) is 0. The van der Waals surface area contributed by atoms with Crippen molar-refractivity contribution >= 4 is 5.97 Å². The van der Waals surface area contributed by atoms with Crippen LogP contribution in [0.4, 0.5) is 0 Å². The minimum absolute atomic E-state index is 0.338. The van der Waals surface area contributed by atoms with E-state index in [0.29, 0.717) is 24.9 Å². The summed E-state index contributed by atoms with van der Waals surface area (Å²) in [5.41, 5.74) is 2.26. The lowest BCUT2D eigenvalue weighted by Crippen LogP contribution is -2.28. The highest BCUT2D eigenvalue weighted by Crippen LogP contribution is 2.16. The Hall–Kier alpha value is -1.35. The molecule has 0 spiro atoms. The zero-order valence-corrected chi connectivity index (χ0v) is 12.2. The van der Waals surface area contributed by atoms with Gasteiger partial charge < -0.3 is 9.84 Å².